The molecule has 0 saturated heterocycles. The van der Waals surface area contributed by atoms with Crippen molar-refractivity contribution in [2.75, 3.05) is 17.3 Å². The van der Waals surface area contributed by atoms with Crippen LogP contribution in [0.15, 0.2) is 72.4 Å². The maximum atomic E-state index is 13.5. The molecule has 0 spiro atoms. The Hall–Kier alpha value is -3.57. The monoisotopic (exact) mass is 432 g/mol. The minimum absolute atomic E-state index is 0.219. The maximum Gasteiger partial charge on any atom is 0.282 e. The van der Waals surface area contributed by atoms with E-state index in [1.807, 2.05) is 32.0 Å². The molecule has 1 aliphatic rings. The Balaban J connectivity index is 1.81. The second kappa shape index (κ2) is 8.28. The van der Waals surface area contributed by atoms with Crippen molar-refractivity contribution >= 4 is 40.4 Å². The highest BCUT2D eigenvalue weighted by Crippen LogP contribution is 2.35. The van der Waals surface area contributed by atoms with E-state index >= 15 is 0 Å². The van der Waals surface area contributed by atoms with Gasteiger partial charge < -0.3 is 10.1 Å². The lowest BCUT2D eigenvalue weighted by Gasteiger charge is -2.17. The van der Waals surface area contributed by atoms with Gasteiger partial charge in [-0.2, -0.15) is 0 Å². The third-order valence-corrected chi connectivity index (χ3v) is 5.29. The van der Waals surface area contributed by atoms with E-state index in [0.717, 1.165) is 11.1 Å². The van der Waals surface area contributed by atoms with Crippen LogP contribution in [0, 0.1) is 13.8 Å². The second-order valence-corrected chi connectivity index (χ2v) is 7.84. The molecule has 3 aromatic carbocycles. The van der Waals surface area contributed by atoms with E-state index in [0.29, 0.717) is 33.3 Å². The molecule has 2 amide bonds. The number of hydrogen-bond acceptors (Lipinski definition) is 4. The van der Waals surface area contributed by atoms with Crippen LogP contribution in [-0.4, -0.2) is 18.9 Å². The van der Waals surface area contributed by atoms with Gasteiger partial charge in [0.25, 0.3) is 11.8 Å². The van der Waals surface area contributed by atoms with Gasteiger partial charge in [-0.05, 0) is 79.1 Å². The Labute approximate surface area is 185 Å². The zero-order valence-electron chi connectivity index (χ0n) is 17.4. The SMILES string of the molecule is COc1ccc(NC2=C(c3ccc(Cl)cc3)C(=O)N(c3cc(C)cc(C)c3)C2=O)cc1. The van der Waals surface area contributed by atoms with Gasteiger partial charge in [-0.1, -0.05) is 29.8 Å². The molecule has 0 aliphatic carbocycles. The number of nitrogens with zero attached hydrogens (tertiary/aromatic N) is 1. The van der Waals surface area contributed by atoms with Crippen LogP contribution in [0.3, 0.4) is 0 Å². The number of benzene rings is 3. The Bertz CT molecular complexity index is 1180. The number of carbonyl (C=O) groups is 2. The summed E-state index contributed by atoms with van der Waals surface area (Å²) in [5.74, 6) is -0.0905. The first-order valence-corrected chi connectivity index (χ1v) is 10.1. The average molecular weight is 433 g/mol. The number of carbonyl (C=O) groups excluding carboxylic acids is 2. The van der Waals surface area contributed by atoms with E-state index in [1.54, 1.807) is 55.6 Å². The summed E-state index contributed by atoms with van der Waals surface area (Å²) in [5.41, 5.74) is 4.30. The van der Waals surface area contributed by atoms with Crippen molar-refractivity contribution in [3.8, 4) is 5.75 Å². The smallest absolute Gasteiger partial charge is 0.282 e. The van der Waals surface area contributed by atoms with E-state index in [2.05, 4.69) is 5.32 Å². The number of amides is 2. The highest BCUT2D eigenvalue weighted by atomic mass is 35.5. The Morgan fingerprint density at radius 3 is 2.03 bits per heavy atom. The normalized spacial score (nSPS) is 13.7. The minimum atomic E-state index is -0.407. The zero-order valence-corrected chi connectivity index (χ0v) is 18.2. The first kappa shape index (κ1) is 20.7. The second-order valence-electron chi connectivity index (χ2n) is 7.40. The van der Waals surface area contributed by atoms with Gasteiger partial charge in [0.05, 0.1) is 18.4 Å². The molecule has 0 unspecified atom stereocenters. The van der Waals surface area contributed by atoms with E-state index in [9.17, 15) is 9.59 Å². The van der Waals surface area contributed by atoms with Crippen molar-refractivity contribution in [1.29, 1.82) is 0 Å². The molecule has 31 heavy (non-hydrogen) atoms. The fraction of sp³-hybridized carbons (Fsp3) is 0.120. The Morgan fingerprint density at radius 1 is 0.839 bits per heavy atom. The highest BCUT2D eigenvalue weighted by Gasteiger charge is 2.40. The molecule has 0 radical (unpaired) electrons. The third-order valence-electron chi connectivity index (χ3n) is 5.04. The largest absolute Gasteiger partial charge is 0.497 e. The topological polar surface area (TPSA) is 58.6 Å². The maximum absolute atomic E-state index is 13.5. The number of ether oxygens (including phenoxy) is 1. The minimum Gasteiger partial charge on any atom is -0.497 e. The van der Waals surface area contributed by atoms with Crippen LogP contribution >= 0.6 is 11.6 Å². The van der Waals surface area contributed by atoms with Crippen molar-refractivity contribution in [3.63, 3.8) is 0 Å². The number of aryl methyl sites for hydroxylation is 2. The molecule has 5 nitrogen and oxygen atoms in total. The van der Waals surface area contributed by atoms with E-state index in [-0.39, 0.29) is 11.6 Å². The molecule has 1 N–H and O–H groups in total. The first-order chi connectivity index (χ1) is 14.9. The fourth-order valence-corrected chi connectivity index (χ4v) is 3.79. The number of methoxy groups -OCH3 is 1. The van der Waals surface area contributed by atoms with Crippen LogP contribution in [0.2, 0.25) is 5.02 Å². The van der Waals surface area contributed by atoms with Gasteiger partial charge in [0.1, 0.15) is 11.4 Å². The molecule has 6 heteroatoms. The molecule has 1 aliphatic heterocycles. The lowest BCUT2D eigenvalue weighted by atomic mass is 10.0. The van der Waals surface area contributed by atoms with Crippen molar-refractivity contribution in [2.24, 2.45) is 0 Å². The Kier molecular flexibility index (Phi) is 5.53. The highest BCUT2D eigenvalue weighted by molar-refractivity contribution is 6.46. The molecule has 0 bridgehead atoms. The van der Waals surface area contributed by atoms with Crippen LogP contribution < -0.4 is 15.0 Å². The molecule has 0 atom stereocenters. The summed E-state index contributed by atoms with van der Waals surface area (Å²) in [6.07, 6.45) is 0. The van der Waals surface area contributed by atoms with Crippen molar-refractivity contribution < 1.29 is 14.3 Å². The quantitative estimate of drug-likeness (QED) is 0.551. The molecule has 3 aromatic rings. The summed E-state index contributed by atoms with van der Waals surface area (Å²) in [6.45, 7) is 3.87. The van der Waals surface area contributed by atoms with Gasteiger partial charge >= 0.3 is 0 Å². The molecule has 0 fully saturated rings. The van der Waals surface area contributed by atoms with Gasteiger partial charge in [0.15, 0.2) is 0 Å². The number of rotatable bonds is 5. The van der Waals surface area contributed by atoms with Crippen LogP contribution in [0.1, 0.15) is 16.7 Å². The summed E-state index contributed by atoms with van der Waals surface area (Å²) < 4.78 is 5.19. The van der Waals surface area contributed by atoms with Crippen LogP contribution in [0.4, 0.5) is 11.4 Å². The zero-order chi connectivity index (χ0) is 22.1. The molecule has 0 saturated carbocycles. The summed E-state index contributed by atoms with van der Waals surface area (Å²) in [4.78, 5) is 28.1. The van der Waals surface area contributed by atoms with Crippen molar-refractivity contribution in [2.45, 2.75) is 13.8 Å². The summed E-state index contributed by atoms with van der Waals surface area (Å²) in [5, 5.41) is 3.70. The van der Waals surface area contributed by atoms with E-state index in [4.69, 9.17) is 16.3 Å². The van der Waals surface area contributed by atoms with Crippen LogP contribution in [-0.2, 0) is 9.59 Å². The number of halogens is 1. The summed E-state index contributed by atoms with van der Waals surface area (Å²) >= 11 is 6.03. The van der Waals surface area contributed by atoms with Crippen LogP contribution in [0.5, 0.6) is 5.75 Å². The predicted octanol–water partition coefficient (Wildman–Crippen LogP) is 5.36. The third kappa shape index (κ3) is 4.05. The molecule has 4 rings (SSSR count). The lowest BCUT2D eigenvalue weighted by Crippen LogP contribution is -2.32. The summed E-state index contributed by atoms with van der Waals surface area (Å²) in [6, 6.07) is 19.7. The average Bonchev–Trinajstić information content (AvgIpc) is 2.98. The summed E-state index contributed by atoms with van der Waals surface area (Å²) in [7, 11) is 1.59. The molecule has 156 valence electrons. The van der Waals surface area contributed by atoms with Crippen molar-refractivity contribution in [1.82, 2.24) is 0 Å². The Morgan fingerprint density at radius 2 is 1.45 bits per heavy atom. The van der Waals surface area contributed by atoms with Gasteiger partial charge in [-0.15, -0.1) is 0 Å². The standard InChI is InChI=1S/C25H21ClN2O3/c1-15-12-16(2)14-20(13-15)28-24(29)22(17-4-6-18(26)7-5-17)23(25(28)30)27-19-8-10-21(31-3)11-9-19/h4-14,27H,1-3H3. The van der Waals surface area contributed by atoms with Gasteiger partial charge in [-0.25, -0.2) is 4.90 Å². The number of anilines is 2. The van der Waals surface area contributed by atoms with Gasteiger partial charge in [0, 0.05) is 10.7 Å². The number of imide groups is 1. The molecule has 1 heterocycles. The number of hydrogen-bond donors (Lipinski definition) is 1. The van der Waals surface area contributed by atoms with Gasteiger partial charge in [0.2, 0.25) is 0 Å². The fourth-order valence-electron chi connectivity index (χ4n) is 3.66. The molecular weight excluding hydrogens is 412 g/mol. The van der Waals surface area contributed by atoms with Crippen molar-refractivity contribution in [3.05, 3.63) is 94.1 Å². The van der Waals surface area contributed by atoms with Crippen LogP contribution in [0.25, 0.3) is 5.57 Å². The lowest BCUT2D eigenvalue weighted by molar-refractivity contribution is -0.120. The van der Waals surface area contributed by atoms with E-state index in [1.165, 1.54) is 4.90 Å². The molecular formula is C25H21ClN2O3. The van der Waals surface area contributed by atoms with Gasteiger partial charge in [-0.3, -0.25) is 9.59 Å². The molecule has 0 aromatic heterocycles. The van der Waals surface area contributed by atoms with E-state index < -0.39 is 5.91 Å². The number of nitrogens with one attached hydrogen (secondary N) is 1. The predicted molar refractivity (Wildman–Crippen MR) is 123 cm³/mol. The first-order valence-electron chi connectivity index (χ1n) is 9.76.